The van der Waals surface area contributed by atoms with E-state index in [9.17, 15) is 4.79 Å². The first kappa shape index (κ1) is 15.9. The number of amides is 1. The number of aromatic nitrogens is 1. The van der Waals surface area contributed by atoms with Gasteiger partial charge in [0.25, 0.3) is 5.91 Å². The number of hydrogen-bond donors (Lipinski definition) is 1. The molecule has 120 valence electrons. The van der Waals surface area contributed by atoms with E-state index in [1.807, 2.05) is 69.3 Å². The van der Waals surface area contributed by atoms with Crippen LogP contribution in [0.25, 0.3) is 11.1 Å². The topological polar surface area (TPSA) is 42.0 Å². The summed E-state index contributed by atoms with van der Waals surface area (Å²) in [5.41, 5.74) is 6.47. The number of aryl methyl sites for hydroxylation is 3. The fourth-order valence-electron chi connectivity index (χ4n) is 2.84. The average Bonchev–Trinajstić information content (AvgIpc) is 2.59. The highest BCUT2D eigenvalue weighted by Gasteiger charge is 2.11. The third-order valence-electron chi connectivity index (χ3n) is 4.02. The number of anilines is 1. The van der Waals surface area contributed by atoms with Crippen molar-refractivity contribution in [3.05, 3.63) is 83.2 Å². The van der Waals surface area contributed by atoms with E-state index in [2.05, 4.69) is 22.4 Å². The fourth-order valence-corrected chi connectivity index (χ4v) is 2.84. The lowest BCUT2D eigenvalue weighted by Gasteiger charge is -2.12. The third kappa shape index (κ3) is 3.35. The predicted octanol–water partition coefficient (Wildman–Crippen LogP) is 4.93. The van der Waals surface area contributed by atoms with E-state index in [0.717, 1.165) is 33.8 Å². The van der Waals surface area contributed by atoms with Crippen LogP contribution in [-0.2, 0) is 0 Å². The lowest BCUT2D eigenvalue weighted by atomic mass is 10.0. The van der Waals surface area contributed by atoms with Crippen LogP contribution in [0.1, 0.15) is 27.3 Å². The molecule has 0 atom stereocenters. The number of rotatable bonds is 3. The average molecular weight is 316 g/mol. The molecular formula is C21H20N2O. The lowest BCUT2D eigenvalue weighted by Crippen LogP contribution is -2.14. The Hall–Kier alpha value is -2.94. The fraction of sp³-hybridized carbons (Fsp3) is 0.143. The molecule has 1 amide bonds. The number of benzene rings is 2. The summed E-state index contributed by atoms with van der Waals surface area (Å²) < 4.78 is 0. The minimum atomic E-state index is -0.119. The Balaban J connectivity index is 1.81. The Morgan fingerprint density at radius 3 is 2.12 bits per heavy atom. The molecule has 1 aromatic heterocycles. The second-order valence-electron chi connectivity index (χ2n) is 5.94. The van der Waals surface area contributed by atoms with Crippen LogP contribution < -0.4 is 5.32 Å². The number of carbonyl (C=O) groups excluding carboxylic acids is 1. The van der Waals surface area contributed by atoms with Gasteiger partial charge >= 0.3 is 0 Å². The molecule has 24 heavy (non-hydrogen) atoms. The first-order valence-electron chi connectivity index (χ1n) is 7.96. The smallest absolute Gasteiger partial charge is 0.255 e. The summed E-state index contributed by atoms with van der Waals surface area (Å²) in [4.78, 5) is 16.9. The van der Waals surface area contributed by atoms with E-state index in [4.69, 9.17) is 0 Å². The number of pyridine rings is 1. The van der Waals surface area contributed by atoms with Gasteiger partial charge in [-0.25, -0.2) is 0 Å². The van der Waals surface area contributed by atoms with Crippen molar-refractivity contribution in [3.8, 4) is 11.1 Å². The summed E-state index contributed by atoms with van der Waals surface area (Å²) in [5.74, 6) is -0.119. The van der Waals surface area contributed by atoms with Crippen molar-refractivity contribution in [3.63, 3.8) is 0 Å². The summed E-state index contributed by atoms with van der Waals surface area (Å²) in [5, 5.41) is 2.98. The van der Waals surface area contributed by atoms with Gasteiger partial charge < -0.3 is 5.32 Å². The Morgan fingerprint density at radius 1 is 0.875 bits per heavy atom. The molecule has 0 aliphatic heterocycles. The maximum atomic E-state index is 12.5. The highest BCUT2D eigenvalue weighted by atomic mass is 16.1. The normalized spacial score (nSPS) is 10.5. The Labute approximate surface area is 142 Å². The molecule has 0 radical (unpaired) electrons. The van der Waals surface area contributed by atoms with Gasteiger partial charge in [0.05, 0.1) is 11.4 Å². The molecule has 3 aromatic rings. The van der Waals surface area contributed by atoms with Gasteiger partial charge in [0.15, 0.2) is 0 Å². The first-order chi connectivity index (χ1) is 11.5. The number of nitrogens with zero attached hydrogens (tertiary/aromatic N) is 1. The summed E-state index contributed by atoms with van der Waals surface area (Å²) >= 11 is 0. The zero-order valence-corrected chi connectivity index (χ0v) is 14.1. The van der Waals surface area contributed by atoms with Crippen molar-refractivity contribution in [1.29, 1.82) is 0 Å². The summed E-state index contributed by atoms with van der Waals surface area (Å²) in [6, 6.07) is 19.7. The largest absolute Gasteiger partial charge is 0.320 e. The van der Waals surface area contributed by atoms with Crippen LogP contribution in [0.15, 0.2) is 60.7 Å². The second-order valence-corrected chi connectivity index (χ2v) is 5.94. The van der Waals surface area contributed by atoms with Gasteiger partial charge in [0.2, 0.25) is 0 Å². The van der Waals surface area contributed by atoms with Crippen LogP contribution >= 0.6 is 0 Å². The molecule has 0 aliphatic carbocycles. The van der Waals surface area contributed by atoms with Gasteiger partial charge in [-0.1, -0.05) is 42.5 Å². The van der Waals surface area contributed by atoms with Gasteiger partial charge in [-0.2, -0.15) is 0 Å². The zero-order chi connectivity index (χ0) is 17.1. The van der Waals surface area contributed by atoms with Crippen molar-refractivity contribution < 1.29 is 4.79 Å². The van der Waals surface area contributed by atoms with Crippen LogP contribution in [-0.4, -0.2) is 10.9 Å². The Morgan fingerprint density at radius 2 is 1.50 bits per heavy atom. The number of carbonyl (C=O) groups is 1. The highest BCUT2D eigenvalue weighted by Crippen LogP contribution is 2.22. The van der Waals surface area contributed by atoms with E-state index in [1.54, 1.807) is 0 Å². The molecule has 1 N–H and O–H groups in total. The molecule has 0 aliphatic rings. The molecule has 1 heterocycles. The van der Waals surface area contributed by atoms with E-state index >= 15 is 0 Å². The van der Waals surface area contributed by atoms with Crippen molar-refractivity contribution in [1.82, 2.24) is 4.98 Å². The number of hydrogen-bond acceptors (Lipinski definition) is 2. The zero-order valence-electron chi connectivity index (χ0n) is 14.1. The molecular weight excluding hydrogens is 296 g/mol. The van der Waals surface area contributed by atoms with Gasteiger partial charge in [-0.3, -0.25) is 9.78 Å². The molecule has 0 fully saturated rings. The maximum Gasteiger partial charge on any atom is 0.255 e. The standard InChI is InChI=1S/C21H20N2O/c1-14-13-15(2)22-16(3)20(14)23-21(24)19-11-9-18(10-12-19)17-7-5-4-6-8-17/h4-13H,1-3H3,(H,23,24). The van der Waals surface area contributed by atoms with E-state index in [0.29, 0.717) is 5.56 Å². The second kappa shape index (κ2) is 6.67. The van der Waals surface area contributed by atoms with E-state index < -0.39 is 0 Å². The van der Waals surface area contributed by atoms with Crippen molar-refractivity contribution in [2.24, 2.45) is 0 Å². The third-order valence-corrected chi connectivity index (χ3v) is 4.02. The van der Waals surface area contributed by atoms with Crippen LogP contribution in [0.3, 0.4) is 0 Å². The van der Waals surface area contributed by atoms with Gasteiger partial charge in [-0.05, 0) is 55.7 Å². The maximum absolute atomic E-state index is 12.5. The molecule has 3 nitrogen and oxygen atoms in total. The van der Waals surface area contributed by atoms with E-state index in [1.165, 1.54) is 0 Å². The molecule has 3 rings (SSSR count). The van der Waals surface area contributed by atoms with Gasteiger partial charge in [-0.15, -0.1) is 0 Å². The van der Waals surface area contributed by atoms with Crippen molar-refractivity contribution >= 4 is 11.6 Å². The van der Waals surface area contributed by atoms with Crippen molar-refractivity contribution in [2.75, 3.05) is 5.32 Å². The van der Waals surface area contributed by atoms with E-state index in [-0.39, 0.29) is 5.91 Å². The predicted molar refractivity (Wildman–Crippen MR) is 98.3 cm³/mol. The molecule has 0 saturated carbocycles. The van der Waals surface area contributed by atoms with Crippen LogP contribution in [0.4, 0.5) is 5.69 Å². The highest BCUT2D eigenvalue weighted by molar-refractivity contribution is 6.05. The lowest BCUT2D eigenvalue weighted by molar-refractivity contribution is 0.102. The molecule has 2 aromatic carbocycles. The first-order valence-corrected chi connectivity index (χ1v) is 7.96. The molecule has 3 heteroatoms. The van der Waals surface area contributed by atoms with Crippen LogP contribution in [0, 0.1) is 20.8 Å². The van der Waals surface area contributed by atoms with Gasteiger partial charge in [0, 0.05) is 11.3 Å². The van der Waals surface area contributed by atoms with Crippen LogP contribution in [0.5, 0.6) is 0 Å². The van der Waals surface area contributed by atoms with Crippen LogP contribution in [0.2, 0.25) is 0 Å². The molecule has 0 bridgehead atoms. The minimum absolute atomic E-state index is 0.119. The molecule has 0 spiro atoms. The Bertz CT molecular complexity index is 845. The Kier molecular flexibility index (Phi) is 4.43. The summed E-state index contributed by atoms with van der Waals surface area (Å²) in [6.45, 7) is 5.85. The van der Waals surface area contributed by atoms with Crippen molar-refractivity contribution in [2.45, 2.75) is 20.8 Å². The molecule has 0 unspecified atom stereocenters. The number of nitrogens with one attached hydrogen (secondary N) is 1. The minimum Gasteiger partial charge on any atom is -0.320 e. The van der Waals surface area contributed by atoms with Gasteiger partial charge in [0.1, 0.15) is 0 Å². The monoisotopic (exact) mass is 316 g/mol. The SMILES string of the molecule is Cc1cc(C)c(NC(=O)c2ccc(-c3ccccc3)cc2)c(C)n1. The summed E-state index contributed by atoms with van der Waals surface area (Å²) in [7, 11) is 0. The summed E-state index contributed by atoms with van der Waals surface area (Å²) in [6.07, 6.45) is 0. The molecule has 0 saturated heterocycles. The quantitative estimate of drug-likeness (QED) is 0.744.